The lowest BCUT2D eigenvalue weighted by Gasteiger charge is -2.49. The first-order chi connectivity index (χ1) is 23.3. The number of amides is 3. The van der Waals surface area contributed by atoms with E-state index in [0.29, 0.717) is 30.7 Å². The number of esters is 1. The topological polar surface area (TPSA) is 198 Å². The summed E-state index contributed by atoms with van der Waals surface area (Å²) >= 11 is 0. The molecule has 2 aromatic rings. The van der Waals surface area contributed by atoms with Gasteiger partial charge in [0.1, 0.15) is 23.9 Å². The second-order valence-electron chi connectivity index (χ2n) is 12.8. The molecule has 49 heavy (non-hydrogen) atoms. The van der Waals surface area contributed by atoms with Crippen molar-refractivity contribution in [3.05, 3.63) is 65.7 Å². The molecular formula is C35H45N5O8S. The minimum absolute atomic E-state index is 0.0254. The van der Waals surface area contributed by atoms with Crippen molar-refractivity contribution >= 4 is 46.3 Å². The predicted molar refractivity (Wildman–Crippen MR) is 184 cm³/mol. The molecule has 5 N–H and O–H groups in total. The number of hydrogen-bond acceptors (Lipinski definition) is 8. The average Bonchev–Trinajstić information content (AvgIpc) is 3.06. The van der Waals surface area contributed by atoms with Gasteiger partial charge in [0.2, 0.25) is 17.7 Å². The highest BCUT2D eigenvalue weighted by atomic mass is 32.2. The van der Waals surface area contributed by atoms with Gasteiger partial charge < -0.3 is 31.1 Å². The molecule has 3 aliphatic rings. The Balaban J connectivity index is 1.55. The largest absolute Gasteiger partial charge is 0.481 e. The second-order valence-corrected chi connectivity index (χ2v) is 14.3. The molecule has 0 aromatic heterocycles. The molecule has 1 aliphatic carbocycles. The number of carbonyl (C=O) groups excluding carboxylic acids is 4. The van der Waals surface area contributed by atoms with E-state index >= 15 is 0 Å². The van der Waals surface area contributed by atoms with Crippen LogP contribution < -0.4 is 21.1 Å². The molecule has 264 valence electrons. The van der Waals surface area contributed by atoms with Crippen LogP contribution in [0.5, 0.6) is 5.75 Å². The number of ether oxygens (including phenoxy) is 1. The maximum atomic E-state index is 14.1. The number of aliphatic carboxylic acids is 1. The van der Waals surface area contributed by atoms with Crippen LogP contribution in [0.3, 0.4) is 0 Å². The molecule has 0 radical (unpaired) electrons. The number of carboxylic acids is 1. The van der Waals surface area contributed by atoms with Crippen LogP contribution in [0.1, 0.15) is 50.7 Å². The lowest BCUT2D eigenvalue weighted by atomic mass is 9.72. The minimum atomic E-state index is -1.29. The summed E-state index contributed by atoms with van der Waals surface area (Å²) in [5.41, 5.74) is 7.35. The van der Waals surface area contributed by atoms with Crippen LogP contribution in [0.25, 0.3) is 0 Å². The third kappa shape index (κ3) is 10.7. The Morgan fingerprint density at radius 1 is 0.959 bits per heavy atom. The molecular weight excluding hydrogens is 650 g/mol. The number of nitrogens with two attached hydrogens (primary N) is 1. The van der Waals surface area contributed by atoms with Crippen molar-refractivity contribution in [1.82, 2.24) is 15.5 Å². The zero-order valence-corrected chi connectivity index (χ0v) is 28.8. The fourth-order valence-corrected chi connectivity index (χ4v) is 7.15. The van der Waals surface area contributed by atoms with E-state index in [1.165, 1.54) is 20.1 Å². The number of fused-ring (bicyclic) bond motifs is 3. The van der Waals surface area contributed by atoms with Gasteiger partial charge in [0.25, 0.3) is 0 Å². The molecule has 7 atom stereocenters. The molecule has 2 aromatic carbocycles. The van der Waals surface area contributed by atoms with Crippen molar-refractivity contribution in [3.8, 4) is 5.75 Å². The molecule has 5 rings (SSSR count). The Bertz CT molecular complexity index is 1560. The van der Waals surface area contributed by atoms with Gasteiger partial charge in [-0.15, -0.1) is 0 Å². The third-order valence-electron chi connectivity index (χ3n) is 8.88. The number of hydrogen-bond donors (Lipinski definition) is 4. The summed E-state index contributed by atoms with van der Waals surface area (Å²) < 4.78 is 17.2. The Kier molecular flexibility index (Phi) is 13.1. The Morgan fingerprint density at radius 3 is 2.20 bits per heavy atom. The second kappa shape index (κ2) is 17.2. The van der Waals surface area contributed by atoms with E-state index in [2.05, 4.69) is 15.6 Å². The smallest absolute Gasteiger partial charge is 0.308 e. The van der Waals surface area contributed by atoms with E-state index in [1.807, 2.05) is 30.3 Å². The van der Waals surface area contributed by atoms with Gasteiger partial charge in [-0.05, 0) is 61.8 Å². The highest BCUT2D eigenvalue weighted by Crippen LogP contribution is 2.39. The number of carbonyl (C=O) groups is 5. The first kappa shape index (κ1) is 37.2. The van der Waals surface area contributed by atoms with Gasteiger partial charge in [-0.1, -0.05) is 42.5 Å². The number of nitrogens with zero attached hydrogens (tertiary/aromatic N) is 2. The van der Waals surface area contributed by atoms with Gasteiger partial charge in [-0.3, -0.25) is 33.2 Å². The molecule has 2 saturated heterocycles. The van der Waals surface area contributed by atoms with E-state index in [0.717, 1.165) is 12.0 Å². The van der Waals surface area contributed by atoms with Crippen molar-refractivity contribution in [2.24, 2.45) is 22.6 Å². The lowest BCUT2D eigenvalue weighted by molar-refractivity contribution is -0.157. The maximum absolute atomic E-state index is 14.1. The van der Waals surface area contributed by atoms with E-state index in [4.69, 9.17) is 10.5 Å². The van der Waals surface area contributed by atoms with Gasteiger partial charge in [0.05, 0.1) is 11.8 Å². The number of amidine groups is 1. The van der Waals surface area contributed by atoms with Crippen LogP contribution in [0.15, 0.2) is 59.6 Å². The molecule has 3 fully saturated rings. The molecule has 2 aliphatic heterocycles. The van der Waals surface area contributed by atoms with Crippen LogP contribution in [0.2, 0.25) is 0 Å². The van der Waals surface area contributed by atoms with Gasteiger partial charge in [0.15, 0.2) is 0 Å². The first-order valence-electron chi connectivity index (χ1n) is 16.4. The molecule has 14 heteroatoms. The maximum Gasteiger partial charge on any atom is 0.308 e. The number of piperidine rings is 2. The summed E-state index contributed by atoms with van der Waals surface area (Å²) in [6, 6.07) is 12.0. The van der Waals surface area contributed by atoms with Crippen molar-refractivity contribution in [3.63, 3.8) is 0 Å². The summed E-state index contributed by atoms with van der Waals surface area (Å²) in [6.45, 7) is 3.25. The Labute approximate surface area is 288 Å². The summed E-state index contributed by atoms with van der Waals surface area (Å²) in [5, 5.41) is 15.5. The third-order valence-corrected chi connectivity index (χ3v) is 9.69. The molecule has 3 amide bonds. The van der Waals surface area contributed by atoms with Crippen LogP contribution >= 0.6 is 0 Å². The van der Waals surface area contributed by atoms with Gasteiger partial charge in [-0.2, -0.15) is 0 Å². The summed E-state index contributed by atoms with van der Waals surface area (Å²) in [5.74, 6) is -3.02. The van der Waals surface area contributed by atoms with Gasteiger partial charge in [0, 0.05) is 55.2 Å². The zero-order valence-electron chi connectivity index (χ0n) is 28.0. The molecule has 0 spiro atoms. The Morgan fingerprint density at radius 2 is 1.61 bits per heavy atom. The SMILES string of the molecule is CC(=O)Oc1ccc(C[C@H](N=C(C)N)C(=O)N[C@H](CCS(C)=O)C(=O)N[C@@H](Cc2ccccc2)C(=O)N2CC3CCC2C(C(=O)O)C3)cc1. The molecule has 2 heterocycles. The quantitative estimate of drug-likeness (QED) is 0.0926. The zero-order chi connectivity index (χ0) is 35.7. The molecule has 1 saturated carbocycles. The minimum Gasteiger partial charge on any atom is -0.481 e. The van der Waals surface area contributed by atoms with Crippen LogP contribution in [-0.4, -0.2) is 92.4 Å². The van der Waals surface area contributed by atoms with Crippen molar-refractivity contribution in [2.45, 2.75) is 76.5 Å². The summed E-state index contributed by atoms with van der Waals surface area (Å²) in [7, 11) is -1.29. The van der Waals surface area contributed by atoms with Crippen LogP contribution in [0, 0.1) is 11.8 Å². The fourth-order valence-electron chi connectivity index (χ4n) is 6.58. The Hall–Kier alpha value is -4.59. The average molecular weight is 696 g/mol. The summed E-state index contributed by atoms with van der Waals surface area (Å²) in [6.07, 6.45) is 3.73. The highest BCUT2D eigenvalue weighted by Gasteiger charge is 2.47. The standard InChI is InChI=1S/C35H45N5O8S/c1-21(36)37-29(18-24-9-12-26(13-10-24)48-22(2)41)33(43)38-28(15-16-49(3)47)32(42)39-30(19-23-7-5-4-6-8-23)34(44)40-20-25-11-14-31(40)27(17-25)35(45)46/h4-10,12-13,25,27-31H,11,14-20H2,1-3H3,(H2,36,37)(H,38,43)(H,39,42)(H,45,46)/t25?,27?,28-,29+,30+,31?,49?/m1/s1. The first-order valence-corrected chi connectivity index (χ1v) is 18.1. The number of rotatable bonds is 15. The van der Waals surface area contributed by atoms with E-state index in [1.54, 1.807) is 29.2 Å². The van der Waals surface area contributed by atoms with E-state index in [-0.39, 0.29) is 42.7 Å². The van der Waals surface area contributed by atoms with Crippen LogP contribution in [-0.2, 0) is 47.6 Å². The van der Waals surface area contributed by atoms with E-state index < -0.39 is 64.6 Å². The molecule has 2 bridgehead atoms. The lowest BCUT2D eigenvalue weighted by Crippen LogP contribution is -2.62. The fraction of sp³-hybridized carbons (Fsp3) is 0.486. The van der Waals surface area contributed by atoms with Crippen molar-refractivity contribution < 1.29 is 38.0 Å². The summed E-state index contributed by atoms with van der Waals surface area (Å²) in [4.78, 5) is 71.0. The van der Waals surface area contributed by atoms with Crippen molar-refractivity contribution in [1.29, 1.82) is 0 Å². The monoisotopic (exact) mass is 695 g/mol. The number of benzene rings is 2. The van der Waals surface area contributed by atoms with Crippen LogP contribution in [0.4, 0.5) is 0 Å². The number of carboxylic acid groups (broad SMARTS) is 1. The number of nitrogens with one attached hydrogen (secondary N) is 2. The normalized spacial score (nSPS) is 21.2. The number of aliphatic imine (C=N–C) groups is 1. The van der Waals surface area contributed by atoms with Gasteiger partial charge >= 0.3 is 11.9 Å². The predicted octanol–water partition coefficient (Wildman–Crippen LogP) is 1.59. The highest BCUT2D eigenvalue weighted by molar-refractivity contribution is 7.84. The molecule has 4 unspecified atom stereocenters. The molecule has 13 nitrogen and oxygen atoms in total. The van der Waals surface area contributed by atoms with Gasteiger partial charge in [-0.25, -0.2) is 0 Å². The van der Waals surface area contributed by atoms with E-state index in [9.17, 15) is 33.3 Å². The van der Waals surface area contributed by atoms with Crippen molar-refractivity contribution in [2.75, 3.05) is 18.6 Å².